The lowest BCUT2D eigenvalue weighted by Crippen LogP contribution is -2.32. The summed E-state index contributed by atoms with van der Waals surface area (Å²) >= 11 is 0. The summed E-state index contributed by atoms with van der Waals surface area (Å²) in [6, 6.07) is 19.4. The Morgan fingerprint density at radius 2 is 1.62 bits per heavy atom. The summed E-state index contributed by atoms with van der Waals surface area (Å²) in [5.41, 5.74) is 4.64. The van der Waals surface area contributed by atoms with Crippen LogP contribution in [-0.2, 0) is 0 Å². The number of hydrogen-bond donors (Lipinski definition) is 1. The molecule has 9 nitrogen and oxygen atoms in total. The normalized spacial score (nSPS) is 17.5. The Balaban J connectivity index is 1.62. The Morgan fingerprint density at radius 1 is 0.838 bits per heavy atom. The zero-order valence-electron chi connectivity index (χ0n) is 20.9. The molecule has 3 aromatic carbocycles. The molecule has 2 aliphatic rings. The van der Waals surface area contributed by atoms with Crippen molar-refractivity contribution in [3.05, 3.63) is 89.3 Å². The second-order valence-corrected chi connectivity index (χ2v) is 8.58. The highest BCUT2D eigenvalue weighted by atomic mass is 16.5. The van der Waals surface area contributed by atoms with E-state index >= 15 is 0 Å². The van der Waals surface area contributed by atoms with Crippen molar-refractivity contribution >= 4 is 11.6 Å². The van der Waals surface area contributed by atoms with Crippen molar-refractivity contribution in [1.82, 2.24) is 14.8 Å². The van der Waals surface area contributed by atoms with Crippen LogP contribution in [-0.4, -0.2) is 43.2 Å². The lowest BCUT2D eigenvalue weighted by Gasteiger charge is -2.39. The van der Waals surface area contributed by atoms with Crippen molar-refractivity contribution in [3.63, 3.8) is 0 Å². The zero-order chi connectivity index (χ0) is 25.5. The van der Waals surface area contributed by atoms with Gasteiger partial charge in [-0.15, -0.1) is 0 Å². The average Bonchev–Trinajstić information content (AvgIpc) is 3.43. The van der Waals surface area contributed by atoms with Gasteiger partial charge in [0.1, 0.15) is 23.9 Å². The van der Waals surface area contributed by atoms with Gasteiger partial charge in [0.05, 0.1) is 34.1 Å². The minimum atomic E-state index is -0.531. The maximum absolute atomic E-state index is 6.73. The molecule has 9 heteroatoms. The SMILES string of the molecule is COc1ccc(C2C3=C(Nc4ncnn42)c2ccccc2OC3c2ccc(OC)c(OC)c2OC)cc1. The molecular formula is C28H26N4O5. The second kappa shape index (κ2) is 9.09. The fourth-order valence-electron chi connectivity index (χ4n) is 5.11. The molecule has 2 aliphatic heterocycles. The van der Waals surface area contributed by atoms with Crippen LogP contribution in [0.2, 0.25) is 0 Å². The number of benzene rings is 3. The van der Waals surface area contributed by atoms with Crippen molar-refractivity contribution in [2.75, 3.05) is 33.8 Å². The predicted octanol–water partition coefficient (Wildman–Crippen LogP) is 4.87. The van der Waals surface area contributed by atoms with Crippen LogP contribution in [0.5, 0.6) is 28.7 Å². The number of fused-ring (bicyclic) bond motifs is 3. The molecular weight excluding hydrogens is 472 g/mol. The summed E-state index contributed by atoms with van der Waals surface area (Å²) in [5, 5.41) is 8.10. The number of ether oxygens (including phenoxy) is 5. The molecule has 1 N–H and O–H groups in total. The van der Waals surface area contributed by atoms with Gasteiger partial charge in [-0.25, -0.2) is 4.68 Å². The Bertz CT molecular complexity index is 1490. The van der Waals surface area contributed by atoms with Crippen LogP contribution in [0, 0.1) is 0 Å². The van der Waals surface area contributed by atoms with E-state index in [2.05, 4.69) is 15.4 Å². The molecule has 0 radical (unpaired) electrons. The van der Waals surface area contributed by atoms with E-state index in [1.54, 1.807) is 34.8 Å². The minimum Gasteiger partial charge on any atom is -0.497 e. The maximum atomic E-state index is 6.73. The first-order chi connectivity index (χ1) is 18.2. The fourth-order valence-corrected chi connectivity index (χ4v) is 5.11. The van der Waals surface area contributed by atoms with Gasteiger partial charge in [-0.2, -0.15) is 10.1 Å². The van der Waals surface area contributed by atoms with Crippen LogP contribution < -0.4 is 29.0 Å². The lowest BCUT2D eigenvalue weighted by atomic mass is 9.84. The third-order valence-electron chi connectivity index (χ3n) is 6.77. The molecule has 2 unspecified atom stereocenters. The molecule has 0 spiro atoms. The number of methoxy groups -OCH3 is 4. The van der Waals surface area contributed by atoms with E-state index < -0.39 is 6.10 Å². The van der Waals surface area contributed by atoms with Crippen molar-refractivity contribution in [2.24, 2.45) is 0 Å². The Kier molecular flexibility index (Phi) is 5.60. The van der Waals surface area contributed by atoms with Gasteiger partial charge in [-0.1, -0.05) is 24.3 Å². The van der Waals surface area contributed by atoms with E-state index in [1.807, 2.05) is 65.3 Å². The fraction of sp³-hybridized carbons (Fsp3) is 0.214. The molecule has 4 aromatic rings. The summed E-state index contributed by atoms with van der Waals surface area (Å²) < 4.78 is 31.1. The first-order valence-electron chi connectivity index (χ1n) is 11.8. The molecule has 37 heavy (non-hydrogen) atoms. The molecule has 0 bridgehead atoms. The van der Waals surface area contributed by atoms with Gasteiger partial charge < -0.3 is 29.0 Å². The molecule has 1 aromatic heterocycles. The highest BCUT2D eigenvalue weighted by molar-refractivity contribution is 5.85. The van der Waals surface area contributed by atoms with Crippen molar-refractivity contribution in [3.8, 4) is 28.7 Å². The summed E-state index contributed by atoms with van der Waals surface area (Å²) in [6.45, 7) is 0. The van der Waals surface area contributed by atoms with E-state index in [0.29, 0.717) is 23.2 Å². The van der Waals surface area contributed by atoms with Gasteiger partial charge in [0, 0.05) is 16.7 Å². The number of aromatic nitrogens is 3. The number of anilines is 1. The van der Waals surface area contributed by atoms with E-state index in [9.17, 15) is 0 Å². The van der Waals surface area contributed by atoms with Crippen molar-refractivity contribution < 1.29 is 23.7 Å². The zero-order valence-corrected chi connectivity index (χ0v) is 20.9. The van der Waals surface area contributed by atoms with Gasteiger partial charge >= 0.3 is 0 Å². The monoisotopic (exact) mass is 498 g/mol. The maximum Gasteiger partial charge on any atom is 0.226 e. The molecule has 2 atom stereocenters. The summed E-state index contributed by atoms with van der Waals surface area (Å²) in [7, 11) is 6.46. The van der Waals surface area contributed by atoms with Crippen LogP contribution in [0.4, 0.5) is 5.95 Å². The van der Waals surface area contributed by atoms with Crippen molar-refractivity contribution in [2.45, 2.75) is 12.1 Å². The summed E-state index contributed by atoms with van der Waals surface area (Å²) in [5.74, 6) is 3.77. The van der Waals surface area contributed by atoms with Crippen LogP contribution in [0.1, 0.15) is 28.8 Å². The Morgan fingerprint density at radius 3 is 2.35 bits per heavy atom. The molecule has 0 amide bonds. The number of hydrogen-bond acceptors (Lipinski definition) is 8. The average molecular weight is 499 g/mol. The third kappa shape index (κ3) is 3.54. The number of rotatable bonds is 6. The van der Waals surface area contributed by atoms with Crippen LogP contribution in [0.25, 0.3) is 5.70 Å². The van der Waals surface area contributed by atoms with Crippen LogP contribution in [0.15, 0.2) is 72.6 Å². The molecule has 0 saturated carbocycles. The van der Waals surface area contributed by atoms with Gasteiger partial charge in [-0.3, -0.25) is 0 Å². The highest BCUT2D eigenvalue weighted by Crippen LogP contribution is 2.54. The topological polar surface area (TPSA) is 88.9 Å². The van der Waals surface area contributed by atoms with E-state index in [4.69, 9.17) is 23.7 Å². The summed E-state index contributed by atoms with van der Waals surface area (Å²) in [4.78, 5) is 4.49. The summed E-state index contributed by atoms with van der Waals surface area (Å²) in [6.07, 6.45) is 1.02. The first kappa shape index (κ1) is 22.8. The van der Waals surface area contributed by atoms with Gasteiger partial charge in [0.15, 0.2) is 17.6 Å². The van der Waals surface area contributed by atoms with Gasteiger partial charge in [0.25, 0.3) is 0 Å². The quantitative estimate of drug-likeness (QED) is 0.403. The number of nitrogens with zero attached hydrogens (tertiary/aromatic N) is 3. The second-order valence-electron chi connectivity index (χ2n) is 8.58. The minimum absolute atomic E-state index is 0.309. The Labute approximate surface area is 214 Å². The number of para-hydroxylation sites is 1. The predicted molar refractivity (Wildman–Crippen MR) is 138 cm³/mol. The van der Waals surface area contributed by atoms with Crippen LogP contribution in [0.3, 0.4) is 0 Å². The van der Waals surface area contributed by atoms with E-state index in [-0.39, 0.29) is 6.04 Å². The Hall–Kier alpha value is -4.66. The van der Waals surface area contributed by atoms with Gasteiger partial charge in [-0.05, 0) is 42.0 Å². The largest absolute Gasteiger partial charge is 0.497 e. The van der Waals surface area contributed by atoms with Gasteiger partial charge in [0.2, 0.25) is 11.7 Å². The van der Waals surface area contributed by atoms with E-state index in [1.165, 1.54) is 0 Å². The van der Waals surface area contributed by atoms with Crippen molar-refractivity contribution in [1.29, 1.82) is 0 Å². The highest BCUT2D eigenvalue weighted by Gasteiger charge is 2.42. The van der Waals surface area contributed by atoms with Crippen LogP contribution >= 0.6 is 0 Å². The lowest BCUT2D eigenvalue weighted by molar-refractivity contribution is 0.215. The third-order valence-corrected chi connectivity index (χ3v) is 6.77. The molecule has 0 aliphatic carbocycles. The van der Waals surface area contributed by atoms with E-state index in [0.717, 1.165) is 39.5 Å². The molecule has 3 heterocycles. The smallest absolute Gasteiger partial charge is 0.226 e. The molecule has 0 fully saturated rings. The molecule has 188 valence electrons. The first-order valence-corrected chi connectivity index (χ1v) is 11.8. The molecule has 6 rings (SSSR count). The molecule has 0 saturated heterocycles. The standard InChI is InChI=1S/C28H26N4O5/c1-33-17-11-9-16(10-12-17)24-22-23(31-28-29-15-30-32(24)28)18-7-5-6-8-20(18)37-25(22)19-13-14-21(34-2)27(36-4)26(19)35-3/h5-15,24-25H,1-4H3,(H,29,30,31). The number of nitrogens with one attached hydrogen (secondary N) is 1.